The number of nitrogens with one attached hydrogen (secondary N) is 1. The van der Waals surface area contributed by atoms with E-state index in [1.165, 1.54) is 51.5 Å². The van der Waals surface area contributed by atoms with Crippen LogP contribution in [-0.2, 0) is 26.6 Å². The van der Waals surface area contributed by atoms with Crippen LogP contribution in [-0.4, -0.2) is 102 Å². The number of likely N-dealkylation sites (N-methyl/N-ethyl adjacent to an activating group) is 1. The molecule has 0 saturated heterocycles. The molecule has 1 aliphatic rings. The zero-order valence-corrected chi connectivity index (χ0v) is 27.6. The van der Waals surface area contributed by atoms with E-state index in [4.69, 9.17) is 9.47 Å². The number of hydrogen-bond acceptors (Lipinski definition) is 8. The molecule has 46 heavy (non-hydrogen) atoms. The minimum absolute atomic E-state index is 0.0280. The van der Waals surface area contributed by atoms with E-state index in [0.29, 0.717) is 25.9 Å². The van der Waals surface area contributed by atoms with Gasteiger partial charge in [0.25, 0.3) is 15.9 Å². The maximum absolute atomic E-state index is 14.1. The number of aromatic nitrogens is 2. The van der Waals surface area contributed by atoms with Crippen LogP contribution in [0.4, 0.5) is 18.9 Å². The molecule has 0 fully saturated rings. The fraction of sp³-hybridized carbons (Fsp3) is 0.633. The molecular weight excluding hydrogens is 631 g/mol. The molecule has 2 aromatic rings. The highest BCUT2D eigenvalue weighted by atomic mass is 32.2. The molecule has 0 aliphatic carbocycles. The average molecular weight is 676 g/mol. The van der Waals surface area contributed by atoms with Gasteiger partial charge in [-0.05, 0) is 51.3 Å². The minimum atomic E-state index is -4.49. The number of aryl methyl sites for hydroxylation is 1. The number of nitrogens with zero attached hydrogens (tertiary/aromatic N) is 4. The molecule has 2 heterocycles. The van der Waals surface area contributed by atoms with E-state index in [-0.39, 0.29) is 41.2 Å². The van der Waals surface area contributed by atoms with Gasteiger partial charge in [-0.25, -0.2) is 13.4 Å². The summed E-state index contributed by atoms with van der Waals surface area (Å²) < 4.78 is 79.4. The van der Waals surface area contributed by atoms with Gasteiger partial charge in [0, 0.05) is 58.0 Å². The van der Waals surface area contributed by atoms with Crippen molar-refractivity contribution in [2.24, 2.45) is 13.0 Å². The first kappa shape index (κ1) is 37.2. The Balaban J connectivity index is 1.94. The first-order valence-electron chi connectivity index (χ1n) is 15.2. The second kappa shape index (κ2) is 16.1. The van der Waals surface area contributed by atoms with Crippen molar-refractivity contribution in [3.05, 3.63) is 36.3 Å². The summed E-state index contributed by atoms with van der Waals surface area (Å²) in [5.74, 6) is -1.61. The molecule has 0 unspecified atom stereocenters. The van der Waals surface area contributed by atoms with E-state index in [1.807, 2.05) is 13.8 Å². The van der Waals surface area contributed by atoms with Gasteiger partial charge in [-0.2, -0.15) is 17.5 Å². The molecular formula is C30H44F3N5O7S. The fourth-order valence-electron chi connectivity index (χ4n) is 4.97. The third-order valence-corrected chi connectivity index (χ3v) is 9.47. The summed E-state index contributed by atoms with van der Waals surface area (Å²) in [6.07, 6.45) is -2.74. The average Bonchev–Trinajstić information content (AvgIpc) is 3.44. The predicted octanol–water partition coefficient (Wildman–Crippen LogP) is 3.82. The van der Waals surface area contributed by atoms with Gasteiger partial charge in [0.05, 0.1) is 43.2 Å². The Bertz CT molecular complexity index is 1440. The van der Waals surface area contributed by atoms with Crippen molar-refractivity contribution in [1.82, 2.24) is 18.8 Å². The normalized spacial score (nSPS) is 21.3. The Morgan fingerprint density at radius 2 is 1.98 bits per heavy atom. The van der Waals surface area contributed by atoms with Crippen LogP contribution in [0.15, 0.2) is 35.7 Å². The van der Waals surface area contributed by atoms with Crippen LogP contribution in [0.5, 0.6) is 5.75 Å². The highest BCUT2D eigenvalue weighted by Gasteiger charge is 2.33. The van der Waals surface area contributed by atoms with Gasteiger partial charge < -0.3 is 29.4 Å². The quantitative estimate of drug-likeness (QED) is 0.409. The Morgan fingerprint density at radius 3 is 2.61 bits per heavy atom. The summed E-state index contributed by atoms with van der Waals surface area (Å²) in [5, 5.41) is 12.4. The van der Waals surface area contributed by atoms with Crippen LogP contribution in [0.25, 0.3) is 0 Å². The van der Waals surface area contributed by atoms with E-state index >= 15 is 0 Å². The standard InChI is InChI=1S/C30H44F3N5O7S/c1-20-15-38(21(2)18-39)29(41)24-14-23(35-27(40)11-12-30(31,32)33)9-10-25(24)45-22(3)8-6-7-13-44-26(20)16-37(5)46(42,43)28-17-36(4)19-34-28/h9-10,14,17,19-22,26,39H,6-8,11-13,15-16,18H2,1-5H3,(H,35,40)/t20-,21-,22+,26+/m1/s1. The smallest absolute Gasteiger partial charge is 0.389 e. The van der Waals surface area contributed by atoms with Crippen LogP contribution in [0.1, 0.15) is 63.2 Å². The number of ether oxygens (including phenoxy) is 2. The first-order valence-corrected chi connectivity index (χ1v) is 16.6. The Kier molecular flexibility index (Phi) is 13.0. The monoisotopic (exact) mass is 675 g/mol. The number of aliphatic hydroxyl groups excluding tert-OH is 1. The second-order valence-electron chi connectivity index (χ2n) is 11.8. The zero-order chi connectivity index (χ0) is 34.2. The van der Waals surface area contributed by atoms with Crippen LogP contribution in [0, 0.1) is 5.92 Å². The minimum Gasteiger partial charge on any atom is -0.490 e. The Labute approximate surface area is 267 Å². The summed E-state index contributed by atoms with van der Waals surface area (Å²) in [7, 11) is -0.835. The molecule has 258 valence electrons. The molecule has 0 radical (unpaired) electrons. The second-order valence-corrected chi connectivity index (χ2v) is 13.8. The summed E-state index contributed by atoms with van der Waals surface area (Å²) >= 11 is 0. The lowest BCUT2D eigenvalue weighted by molar-refractivity contribution is -0.142. The van der Waals surface area contributed by atoms with Crippen molar-refractivity contribution in [2.45, 2.75) is 82.3 Å². The third kappa shape index (κ3) is 10.4. The highest BCUT2D eigenvalue weighted by molar-refractivity contribution is 7.89. The number of hydrogen-bond donors (Lipinski definition) is 2. The molecule has 0 spiro atoms. The van der Waals surface area contributed by atoms with Crippen molar-refractivity contribution >= 4 is 27.5 Å². The summed E-state index contributed by atoms with van der Waals surface area (Å²) in [6.45, 7) is 5.28. The molecule has 2 amide bonds. The fourth-order valence-corrected chi connectivity index (χ4v) is 6.12. The van der Waals surface area contributed by atoms with E-state index in [9.17, 15) is 36.3 Å². The van der Waals surface area contributed by atoms with Crippen molar-refractivity contribution < 1.29 is 45.8 Å². The van der Waals surface area contributed by atoms with E-state index < -0.39 is 65.5 Å². The number of benzene rings is 1. The predicted molar refractivity (Wildman–Crippen MR) is 164 cm³/mol. The number of sulfonamides is 1. The molecule has 0 bridgehead atoms. The number of imidazole rings is 1. The number of rotatable bonds is 9. The van der Waals surface area contributed by atoms with Crippen molar-refractivity contribution in [1.29, 1.82) is 0 Å². The lowest BCUT2D eigenvalue weighted by Gasteiger charge is -2.35. The molecule has 2 N–H and O–H groups in total. The maximum Gasteiger partial charge on any atom is 0.389 e. The van der Waals surface area contributed by atoms with E-state index in [1.54, 1.807) is 14.0 Å². The van der Waals surface area contributed by atoms with Gasteiger partial charge in [-0.1, -0.05) is 6.92 Å². The van der Waals surface area contributed by atoms with Crippen molar-refractivity contribution in [2.75, 3.05) is 38.7 Å². The van der Waals surface area contributed by atoms with E-state index in [2.05, 4.69) is 10.3 Å². The molecule has 1 aromatic heterocycles. The van der Waals surface area contributed by atoms with Gasteiger partial charge in [-0.3, -0.25) is 9.59 Å². The summed E-state index contributed by atoms with van der Waals surface area (Å²) in [4.78, 5) is 31.8. The van der Waals surface area contributed by atoms with Crippen LogP contribution < -0.4 is 10.1 Å². The topological polar surface area (TPSA) is 143 Å². The molecule has 1 aromatic carbocycles. The largest absolute Gasteiger partial charge is 0.490 e. The van der Waals surface area contributed by atoms with E-state index in [0.717, 1.165) is 0 Å². The summed E-state index contributed by atoms with van der Waals surface area (Å²) in [6, 6.07) is 3.61. The molecule has 4 atom stereocenters. The number of alkyl halides is 3. The van der Waals surface area contributed by atoms with Crippen LogP contribution in [0.2, 0.25) is 0 Å². The third-order valence-electron chi connectivity index (χ3n) is 7.76. The van der Waals surface area contributed by atoms with Crippen LogP contribution in [0.3, 0.4) is 0 Å². The number of fused-ring (bicyclic) bond motifs is 1. The number of anilines is 1. The molecule has 3 rings (SSSR count). The first-order chi connectivity index (χ1) is 21.5. The Morgan fingerprint density at radius 1 is 1.26 bits per heavy atom. The van der Waals surface area contributed by atoms with Gasteiger partial charge in [0.15, 0.2) is 5.03 Å². The number of amides is 2. The maximum atomic E-state index is 14.1. The Hall–Kier alpha value is -3.21. The molecule has 16 heteroatoms. The number of halogens is 3. The van der Waals surface area contributed by atoms with Gasteiger partial charge in [0.1, 0.15) is 5.75 Å². The molecule has 12 nitrogen and oxygen atoms in total. The van der Waals surface area contributed by atoms with Crippen LogP contribution >= 0.6 is 0 Å². The molecule has 1 aliphatic heterocycles. The van der Waals surface area contributed by atoms with Gasteiger partial charge >= 0.3 is 6.18 Å². The SMILES string of the molecule is C[C@@H]1CN([C@H](C)CO)C(=O)c2cc(NC(=O)CCC(F)(F)F)ccc2O[C@@H](C)CCCCO[C@H]1CN(C)S(=O)(=O)c1cn(C)cn1. The lowest BCUT2D eigenvalue weighted by Crippen LogP contribution is -2.48. The number of aliphatic hydroxyl groups is 1. The van der Waals surface area contributed by atoms with Crippen molar-refractivity contribution in [3.63, 3.8) is 0 Å². The highest BCUT2D eigenvalue weighted by Crippen LogP contribution is 2.29. The van der Waals surface area contributed by atoms with Gasteiger partial charge in [0.2, 0.25) is 5.91 Å². The lowest BCUT2D eigenvalue weighted by atomic mass is 10.0. The number of carbonyl (C=O) groups excluding carboxylic acids is 2. The number of carbonyl (C=O) groups is 2. The summed E-state index contributed by atoms with van der Waals surface area (Å²) in [5.41, 5.74) is 0.168. The van der Waals surface area contributed by atoms with Gasteiger partial charge in [-0.15, -0.1) is 0 Å². The van der Waals surface area contributed by atoms with Crippen molar-refractivity contribution in [3.8, 4) is 5.75 Å². The zero-order valence-electron chi connectivity index (χ0n) is 26.8. The molecule has 0 saturated carbocycles.